The van der Waals surface area contributed by atoms with Crippen molar-refractivity contribution in [3.63, 3.8) is 0 Å². The van der Waals surface area contributed by atoms with Gasteiger partial charge in [0.15, 0.2) is 0 Å². The van der Waals surface area contributed by atoms with E-state index in [-0.39, 0.29) is 0 Å². The molecule has 0 amide bonds. The second-order valence-electron chi connectivity index (χ2n) is 5.43. The summed E-state index contributed by atoms with van der Waals surface area (Å²) in [5.74, 6) is 1.09. The lowest BCUT2D eigenvalue weighted by molar-refractivity contribution is 0.683. The molecule has 4 nitrogen and oxygen atoms in total. The summed E-state index contributed by atoms with van der Waals surface area (Å²) in [4.78, 5) is 4.73. The first kappa shape index (κ1) is 16.7. The molecule has 1 aromatic heterocycles. The second kappa shape index (κ2) is 9.41. The van der Waals surface area contributed by atoms with Crippen LogP contribution in [-0.4, -0.2) is 24.6 Å². The van der Waals surface area contributed by atoms with Crippen molar-refractivity contribution < 1.29 is 0 Å². The number of nitrogens with one attached hydrogen (secondary N) is 3. The number of fused-ring (bicyclic) bond motifs is 1. The van der Waals surface area contributed by atoms with Crippen LogP contribution in [-0.2, 0) is 12.8 Å². The second-order valence-corrected chi connectivity index (χ2v) is 5.69. The molecule has 2 rings (SSSR count). The summed E-state index contributed by atoms with van der Waals surface area (Å²) < 4.78 is 0. The Labute approximate surface area is 138 Å². The molecule has 2 heterocycles. The van der Waals surface area contributed by atoms with E-state index in [9.17, 15) is 0 Å². The van der Waals surface area contributed by atoms with Gasteiger partial charge in [0.1, 0.15) is 5.82 Å². The Morgan fingerprint density at radius 3 is 3.14 bits per heavy atom. The van der Waals surface area contributed by atoms with Gasteiger partial charge in [0.25, 0.3) is 0 Å². The Kier molecular flexibility index (Phi) is 7.16. The molecule has 0 bridgehead atoms. The Bertz CT molecular complexity index is 513. The van der Waals surface area contributed by atoms with Gasteiger partial charge in [-0.25, -0.2) is 4.98 Å². The van der Waals surface area contributed by atoms with Gasteiger partial charge in [0, 0.05) is 31.0 Å². The summed E-state index contributed by atoms with van der Waals surface area (Å²) in [6.45, 7) is 6.41. The number of rotatable bonds is 9. The molecular weight excluding hydrogens is 292 g/mol. The quantitative estimate of drug-likeness (QED) is 0.418. The number of hydrogen-bond donors (Lipinski definition) is 4. The van der Waals surface area contributed by atoms with Crippen LogP contribution in [0.4, 0.5) is 5.82 Å². The number of allylic oxidation sites excluding steroid dienone is 1. The van der Waals surface area contributed by atoms with Crippen molar-refractivity contribution in [3.8, 4) is 0 Å². The molecular formula is C17H26N4S. The van der Waals surface area contributed by atoms with Gasteiger partial charge in [-0.2, -0.15) is 0 Å². The molecule has 0 spiro atoms. The van der Waals surface area contributed by atoms with Crippen molar-refractivity contribution in [1.29, 1.82) is 0 Å². The van der Waals surface area contributed by atoms with Crippen LogP contribution in [0.5, 0.6) is 0 Å². The number of hydrogen-bond acceptors (Lipinski definition) is 5. The van der Waals surface area contributed by atoms with Gasteiger partial charge in [-0.05, 0) is 55.3 Å². The van der Waals surface area contributed by atoms with Crippen LogP contribution in [0.3, 0.4) is 0 Å². The van der Waals surface area contributed by atoms with E-state index >= 15 is 0 Å². The van der Waals surface area contributed by atoms with E-state index in [2.05, 4.69) is 47.3 Å². The molecule has 0 saturated carbocycles. The minimum Gasteiger partial charge on any atom is -0.390 e. The van der Waals surface area contributed by atoms with Crippen LogP contribution in [0.15, 0.2) is 36.0 Å². The predicted octanol–water partition coefficient (Wildman–Crippen LogP) is 2.86. The number of pyridine rings is 1. The highest BCUT2D eigenvalue weighted by Gasteiger charge is 2.10. The number of thiol groups is 1. The van der Waals surface area contributed by atoms with E-state index in [1.54, 1.807) is 6.20 Å². The van der Waals surface area contributed by atoms with Crippen LogP contribution in [0.2, 0.25) is 0 Å². The predicted molar refractivity (Wildman–Crippen MR) is 97.3 cm³/mol. The third-order valence-corrected chi connectivity index (χ3v) is 4.06. The standard InChI is InChI=1S/C17H26N4S/c1-2-18-11-12-19-16(13-22)7-3-6-15-9-8-14-5-4-10-20-17(14)21-15/h2,8-9,13,18-19,22H,1,3-7,10-12H2,(H,20,21)/b16-13-. The summed E-state index contributed by atoms with van der Waals surface area (Å²) in [6, 6.07) is 4.38. The number of nitrogens with zero attached hydrogens (tertiary/aromatic N) is 1. The molecule has 1 aromatic rings. The topological polar surface area (TPSA) is 49.0 Å². The van der Waals surface area contributed by atoms with E-state index in [1.165, 1.54) is 23.4 Å². The van der Waals surface area contributed by atoms with Crippen LogP contribution in [0.25, 0.3) is 0 Å². The molecule has 0 radical (unpaired) electrons. The molecule has 1 aliphatic rings. The Balaban J connectivity index is 1.74. The SMILES string of the molecule is C=CNCCN/C(=C\S)CCCc1ccc2c(n1)NCCC2. The fourth-order valence-corrected chi connectivity index (χ4v) is 2.78. The monoisotopic (exact) mass is 318 g/mol. The molecule has 0 fully saturated rings. The summed E-state index contributed by atoms with van der Waals surface area (Å²) in [5, 5.41) is 11.7. The van der Waals surface area contributed by atoms with Gasteiger partial charge >= 0.3 is 0 Å². The first-order chi connectivity index (χ1) is 10.8. The van der Waals surface area contributed by atoms with Gasteiger partial charge in [-0.15, -0.1) is 12.6 Å². The minimum atomic E-state index is 0.868. The lowest BCUT2D eigenvalue weighted by Gasteiger charge is -2.17. The average molecular weight is 318 g/mol. The molecule has 0 atom stereocenters. The molecule has 0 aromatic carbocycles. The zero-order valence-electron chi connectivity index (χ0n) is 13.1. The van der Waals surface area contributed by atoms with Crippen molar-refractivity contribution in [2.75, 3.05) is 25.0 Å². The molecule has 0 aliphatic carbocycles. The van der Waals surface area contributed by atoms with Gasteiger partial charge in [-0.3, -0.25) is 0 Å². The van der Waals surface area contributed by atoms with E-state index < -0.39 is 0 Å². The lowest BCUT2D eigenvalue weighted by Crippen LogP contribution is -2.23. The highest BCUT2D eigenvalue weighted by Crippen LogP contribution is 2.20. The maximum atomic E-state index is 4.73. The Morgan fingerprint density at radius 1 is 1.41 bits per heavy atom. The molecule has 0 unspecified atom stereocenters. The van der Waals surface area contributed by atoms with Crippen molar-refractivity contribution in [2.45, 2.75) is 32.1 Å². The van der Waals surface area contributed by atoms with Crippen LogP contribution in [0.1, 0.15) is 30.5 Å². The first-order valence-corrected chi connectivity index (χ1v) is 8.49. The van der Waals surface area contributed by atoms with Crippen molar-refractivity contribution >= 4 is 18.4 Å². The normalized spacial score (nSPS) is 14.0. The highest BCUT2D eigenvalue weighted by molar-refractivity contribution is 7.83. The van der Waals surface area contributed by atoms with E-state index in [1.807, 2.05) is 5.41 Å². The fourth-order valence-electron chi connectivity index (χ4n) is 2.56. The van der Waals surface area contributed by atoms with Crippen molar-refractivity contribution in [2.24, 2.45) is 0 Å². The summed E-state index contributed by atoms with van der Waals surface area (Å²) in [6.07, 6.45) is 7.11. The summed E-state index contributed by atoms with van der Waals surface area (Å²) in [7, 11) is 0. The fraction of sp³-hybridized carbons (Fsp3) is 0.471. The first-order valence-electron chi connectivity index (χ1n) is 7.97. The zero-order valence-corrected chi connectivity index (χ0v) is 14.0. The minimum absolute atomic E-state index is 0.868. The lowest BCUT2D eigenvalue weighted by atomic mass is 10.1. The zero-order chi connectivity index (χ0) is 15.6. The Hall–Kier alpha value is -1.62. The van der Waals surface area contributed by atoms with Gasteiger partial charge in [0.2, 0.25) is 0 Å². The number of aryl methyl sites for hydroxylation is 2. The molecule has 1 aliphatic heterocycles. The van der Waals surface area contributed by atoms with E-state index in [4.69, 9.17) is 4.98 Å². The molecule has 0 saturated heterocycles. The molecule has 5 heteroatoms. The van der Waals surface area contributed by atoms with E-state index in [0.717, 1.165) is 51.1 Å². The maximum Gasteiger partial charge on any atom is 0.129 e. The Morgan fingerprint density at radius 2 is 2.32 bits per heavy atom. The number of aromatic nitrogens is 1. The molecule has 22 heavy (non-hydrogen) atoms. The third kappa shape index (κ3) is 5.30. The van der Waals surface area contributed by atoms with Gasteiger partial charge < -0.3 is 16.0 Å². The molecule has 3 N–H and O–H groups in total. The van der Waals surface area contributed by atoms with Crippen molar-refractivity contribution in [1.82, 2.24) is 15.6 Å². The van der Waals surface area contributed by atoms with Crippen LogP contribution >= 0.6 is 12.6 Å². The third-order valence-electron chi connectivity index (χ3n) is 3.75. The smallest absolute Gasteiger partial charge is 0.129 e. The molecule has 120 valence electrons. The number of anilines is 1. The van der Waals surface area contributed by atoms with E-state index in [0.29, 0.717) is 0 Å². The summed E-state index contributed by atoms with van der Waals surface area (Å²) in [5.41, 5.74) is 3.69. The van der Waals surface area contributed by atoms with Crippen molar-refractivity contribution in [3.05, 3.63) is 47.3 Å². The van der Waals surface area contributed by atoms with Crippen LogP contribution < -0.4 is 16.0 Å². The van der Waals surface area contributed by atoms with Gasteiger partial charge in [-0.1, -0.05) is 12.6 Å². The van der Waals surface area contributed by atoms with Gasteiger partial charge in [0.05, 0.1) is 0 Å². The average Bonchev–Trinajstić information content (AvgIpc) is 2.57. The summed E-state index contributed by atoms with van der Waals surface area (Å²) >= 11 is 4.28. The maximum absolute atomic E-state index is 4.73. The highest BCUT2D eigenvalue weighted by atomic mass is 32.1. The van der Waals surface area contributed by atoms with Crippen LogP contribution in [0, 0.1) is 0 Å². The largest absolute Gasteiger partial charge is 0.390 e.